The van der Waals surface area contributed by atoms with Crippen molar-refractivity contribution in [2.45, 2.75) is 66.2 Å². The summed E-state index contributed by atoms with van der Waals surface area (Å²) in [6, 6.07) is 0. The Morgan fingerprint density at radius 1 is 1.19 bits per heavy atom. The predicted octanol–water partition coefficient (Wildman–Crippen LogP) is 3.85. The number of carbonyl (C=O) groups excluding carboxylic acids is 1. The third-order valence-electron chi connectivity index (χ3n) is 3.28. The topological polar surface area (TPSA) is 20.3 Å². The van der Waals surface area contributed by atoms with Crippen LogP contribution in [0.25, 0.3) is 0 Å². The molecule has 0 atom stereocenters. The van der Waals surface area contributed by atoms with E-state index in [0.29, 0.717) is 0 Å². The molecule has 1 aliphatic rings. The van der Waals surface area contributed by atoms with Gasteiger partial charge >= 0.3 is 0 Å². The molecule has 1 fully saturated rings. The Bertz CT molecular complexity index is 172. The van der Waals surface area contributed by atoms with Crippen LogP contribution in [0, 0.1) is 5.92 Å². The zero-order valence-corrected chi connectivity index (χ0v) is 11.6. The number of rotatable bonds is 4. The van der Waals surface area contributed by atoms with E-state index in [2.05, 4.69) is 6.92 Å². The lowest BCUT2D eigenvalue weighted by molar-refractivity contribution is -0.130. The van der Waals surface area contributed by atoms with Gasteiger partial charge in [-0.1, -0.05) is 46.5 Å². The smallest absolute Gasteiger partial charge is 0.219 e. The van der Waals surface area contributed by atoms with E-state index in [1.807, 2.05) is 18.7 Å². The van der Waals surface area contributed by atoms with E-state index in [-0.39, 0.29) is 5.91 Å². The minimum Gasteiger partial charge on any atom is -0.343 e. The Hall–Kier alpha value is -0.530. The number of carbonyl (C=O) groups is 1. The van der Waals surface area contributed by atoms with Crippen LogP contribution < -0.4 is 0 Å². The molecule has 0 aliphatic carbocycles. The van der Waals surface area contributed by atoms with Crippen LogP contribution in [0.15, 0.2) is 0 Å². The second-order valence-corrected chi connectivity index (χ2v) is 4.45. The minimum atomic E-state index is 0.247. The molecule has 0 aromatic carbocycles. The van der Waals surface area contributed by atoms with E-state index in [9.17, 15) is 4.79 Å². The molecule has 1 heterocycles. The predicted molar refractivity (Wildman–Crippen MR) is 70.5 cm³/mol. The third-order valence-corrected chi connectivity index (χ3v) is 3.28. The van der Waals surface area contributed by atoms with E-state index in [1.165, 1.54) is 38.5 Å². The second kappa shape index (κ2) is 9.68. The largest absolute Gasteiger partial charge is 0.343 e. The van der Waals surface area contributed by atoms with Crippen LogP contribution in [0.3, 0.4) is 0 Å². The van der Waals surface area contributed by atoms with Gasteiger partial charge in [0.1, 0.15) is 0 Å². The van der Waals surface area contributed by atoms with Gasteiger partial charge < -0.3 is 4.90 Å². The molecule has 1 aliphatic heterocycles. The third kappa shape index (κ3) is 6.14. The van der Waals surface area contributed by atoms with Crippen LogP contribution >= 0.6 is 0 Å². The van der Waals surface area contributed by atoms with Crippen molar-refractivity contribution >= 4 is 5.91 Å². The molecule has 2 heteroatoms. The molecule has 1 saturated heterocycles. The molecule has 1 rings (SSSR count). The summed E-state index contributed by atoms with van der Waals surface area (Å²) in [5.74, 6) is 1.13. The van der Waals surface area contributed by atoms with Crippen molar-refractivity contribution in [2.24, 2.45) is 5.92 Å². The van der Waals surface area contributed by atoms with E-state index < -0.39 is 0 Å². The molecular formula is C14H29NO. The van der Waals surface area contributed by atoms with Crippen molar-refractivity contribution in [3.8, 4) is 0 Å². The van der Waals surface area contributed by atoms with Crippen LogP contribution in [-0.2, 0) is 4.79 Å². The van der Waals surface area contributed by atoms with Gasteiger partial charge in [0.05, 0.1) is 0 Å². The molecule has 0 saturated carbocycles. The molecule has 0 N–H and O–H groups in total. The summed E-state index contributed by atoms with van der Waals surface area (Å²) in [5, 5.41) is 0. The molecule has 0 aromatic rings. The Morgan fingerprint density at radius 2 is 1.75 bits per heavy atom. The lowest BCUT2D eigenvalue weighted by Gasteiger charge is -2.31. The van der Waals surface area contributed by atoms with Crippen LogP contribution in [0.5, 0.6) is 0 Å². The van der Waals surface area contributed by atoms with Crippen LogP contribution in [0.4, 0.5) is 0 Å². The first-order chi connectivity index (χ1) is 7.74. The van der Waals surface area contributed by atoms with Crippen LogP contribution in [-0.4, -0.2) is 23.9 Å². The maximum atomic E-state index is 11.1. The van der Waals surface area contributed by atoms with Gasteiger partial charge in [-0.05, 0) is 18.8 Å². The summed E-state index contributed by atoms with van der Waals surface area (Å²) >= 11 is 0. The Balaban J connectivity index is 0.00000106. The first kappa shape index (κ1) is 15.5. The fourth-order valence-corrected chi connectivity index (χ4v) is 2.22. The monoisotopic (exact) mass is 227 g/mol. The highest BCUT2D eigenvalue weighted by Crippen LogP contribution is 2.22. The average Bonchev–Trinajstić information content (AvgIpc) is 2.33. The molecular weight excluding hydrogens is 198 g/mol. The molecule has 0 spiro atoms. The van der Waals surface area contributed by atoms with Crippen molar-refractivity contribution in [1.82, 2.24) is 4.90 Å². The Labute approximate surface area is 101 Å². The van der Waals surface area contributed by atoms with Crippen molar-refractivity contribution in [3.05, 3.63) is 0 Å². The maximum absolute atomic E-state index is 11.1. The highest BCUT2D eigenvalue weighted by Gasteiger charge is 2.19. The Morgan fingerprint density at radius 3 is 2.19 bits per heavy atom. The normalized spacial score (nSPS) is 16.6. The fourth-order valence-electron chi connectivity index (χ4n) is 2.22. The summed E-state index contributed by atoms with van der Waals surface area (Å²) in [5.41, 5.74) is 0. The lowest BCUT2D eigenvalue weighted by Crippen LogP contribution is -2.36. The zero-order chi connectivity index (χ0) is 12.4. The molecule has 0 aromatic heterocycles. The minimum absolute atomic E-state index is 0.247. The zero-order valence-electron chi connectivity index (χ0n) is 11.6. The summed E-state index contributed by atoms with van der Waals surface area (Å²) in [7, 11) is 0. The highest BCUT2D eigenvalue weighted by atomic mass is 16.2. The molecule has 0 radical (unpaired) electrons. The fraction of sp³-hybridized carbons (Fsp3) is 0.929. The number of likely N-dealkylation sites (tertiary alicyclic amines) is 1. The number of nitrogens with zero attached hydrogens (tertiary/aromatic N) is 1. The number of amides is 1. The van der Waals surface area contributed by atoms with Crippen molar-refractivity contribution in [3.63, 3.8) is 0 Å². The van der Waals surface area contributed by atoms with Gasteiger partial charge in [0.15, 0.2) is 0 Å². The van der Waals surface area contributed by atoms with Gasteiger partial charge in [-0.15, -0.1) is 0 Å². The summed E-state index contributed by atoms with van der Waals surface area (Å²) in [6.45, 7) is 9.91. The quantitative estimate of drug-likeness (QED) is 0.668. The van der Waals surface area contributed by atoms with Crippen molar-refractivity contribution in [1.29, 1.82) is 0 Å². The van der Waals surface area contributed by atoms with Gasteiger partial charge in [0.25, 0.3) is 0 Å². The van der Waals surface area contributed by atoms with Crippen LogP contribution in [0.1, 0.15) is 66.2 Å². The van der Waals surface area contributed by atoms with Gasteiger partial charge in [-0.2, -0.15) is 0 Å². The summed E-state index contributed by atoms with van der Waals surface area (Å²) in [4.78, 5) is 13.1. The number of unbranched alkanes of at least 4 members (excludes halogenated alkanes) is 2. The molecule has 1 amide bonds. The SMILES string of the molecule is CC.CCCCCC1CCN(C(C)=O)CC1. The van der Waals surface area contributed by atoms with Gasteiger partial charge in [-0.3, -0.25) is 4.79 Å². The first-order valence-electron chi connectivity index (χ1n) is 6.99. The molecule has 2 nitrogen and oxygen atoms in total. The average molecular weight is 227 g/mol. The second-order valence-electron chi connectivity index (χ2n) is 4.45. The highest BCUT2D eigenvalue weighted by molar-refractivity contribution is 5.73. The van der Waals surface area contributed by atoms with E-state index in [0.717, 1.165) is 19.0 Å². The number of piperidine rings is 1. The lowest BCUT2D eigenvalue weighted by atomic mass is 9.91. The van der Waals surface area contributed by atoms with Gasteiger partial charge in [0.2, 0.25) is 5.91 Å². The summed E-state index contributed by atoms with van der Waals surface area (Å²) in [6.07, 6.45) is 7.88. The first-order valence-corrected chi connectivity index (χ1v) is 6.99. The van der Waals surface area contributed by atoms with E-state index in [1.54, 1.807) is 6.92 Å². The molecule has 0 bridgehead atoms. The van der Waals surface area contributed by atoms with Crippen molar-refractivity contribution in [2.75, 3.05) is 13.1 Å². The van der Waals surface area contributed by atoms with Crippen LogP contribution in [0.2, 0.25) is 0 Å². The molecule has 0 unspecified atom stereocenters. The van der Waals surface area contributed by atoms with Crippen molar-refractivity contribution < 1.29 is 4.79 Å². The molecule has 96 valence electrons. The van der Waals surface area contributed by atoms with Gasteiger partial charge in [0, 0.05) is 20.0 Å². The molecule has 16 heavy (non-hydrogen) atoms. The number of hydrogen-bond acceptors (Lipinski definition) is 1. The maximum Gasteiger partial charge on any atom is 0.219 e. The van der Waals surface area contributed by atoms with E-state index >= 15 is 0 Å². The summed E-state index contributed by atoms with van der Waals surface area (Å²) < 4.78 is 0. The standard InChI is InChI=1S/C12H23NO.C2H6/c1-3-4-5-6-12-7-9-13(10-8-12)11(2)14;1-2/h12H,3-10H2,1-2H3;1-2H3. The number of hydrogen-bond donors (Lipinski definition) is 0. The Kier molecular flexibility index (Phi) is 9.36. The van der Waals surface area contributed by atoms with Gasteiger partial charge in [-0.25, -0.2) is 0 Å². The van der Waals surface area contributed by atoms with E-state index in [4.69, 9.17) is 0 Å².